The second kappa shape index (κ2) is 4.31. The molecule has 0 aliphatic heterocycles. The van der Waals surface area contributed by atoms with Crippen LogP contribution in [0.1, 0.15) is 43.0 Å². The van der Waals surface area contributed by atoms with Gasteiger partial charge in [0.05, 0.1) is 5.01 Å². The summed E-state index contributed by atoms with van der Waals surface area (Å²) in [7, 11) is 0. The van der Waals surface area contributed by atoms with E-state index in [-0.39, 0.29) is 0 Å². The van der Waals surface area contributed by atoms with E-state index >= 15 is 0 Å². The average Bonchev–Trinajstić information content (AvgIpc) is 2.86. The second-order valence-electron chi connectivity index (χ2n) is 6.72. The Morgan fingerprint density at radius 1 is 1.17 bits per heavy atom. The molecule has 2 nitrogen and oxygen atoms in total. The molecule has 0 radical (unpaired) electrons. The third kappa shape index (κ3) is 1.67. The zero-order chi connectivity index (χ0) is 12.1. The molecule has 5 rings (SSSR count). The highest BCUT2D eigenvalue weighted by molar-refractivity contribution is 7.09. The molecule has 0 amide bonds. The van der Waals surface area contributed by atoms with Gasteiger partial charge in [-0.25, -0.2) is 4.98 Å². The van der Waals surface area contributed by atoms with Crippen LogP contribution in [0.5, 0.6) is 0 Å². The van der Waals surface area contributed by atoms with E-state index in [9.17, 15) is 0 Å². The Labute approximate surface area is 113 Å². The van der Waals surface area contributed by atoms with Gasteiger partial charge in [-0.15, -0.1) is 11.3 Å². The van der Waals surface area contributed by atoms with Crippen molar-refractivity contribution in [1.29, 1.82) is 0 Å². The van der Waals surface area contributed by atoms with Crippen LogP contribution in [0, 0.1) is 29.6 Å². The molecule has 4 saturated carbocycles. The van der Waals surface area contributed by atoms with Gasteiger partial charge in [-0.2, -0.15) is 0 Å². The maximum atomic E-state index is 6.11. The summed E-state index contributed by atoms with van der Waals surface area (Å²) in [6, 6.07) is 0. The number of nitrogens with two attached hydrogens (primary N) is 1. The van der Waals surface area contributed by atoms with E-state index in [1.165, 1.54) is 37.1 Å². The third-order valence-electron chi connectivity index (χ3n) is 5.79. The van der Waals surface area contributed by atoms with E-state index in [2.05, 4.69) is 10.4 Å². The number of hydrogen-bond donors (Lipinski definition) is 1. The summed E-state index contributed by atoms with van der Waals surface area (Å²) in [5.41, 5.74) is 6.11. The van der Waals surface area contributed by atoms with Crippen molar-refractivity contribution in [2.75, 3.05) is 6.54 Å². The Bertz CT molecular complexity index is 386. The molecule has 3 heteroatoms. The van der Waals surface area contributed by atoms with Crippen LogP contribution in [0.4, 0.5) is 0 Å². The van der Waals surface area contributed by atoms with Crippen LogP contribution in [0.2, 0.25) is 0 Å². The topological polar surface area (TPSA) is 38.9 Å². The molecule has 1 aromatic heterocycles. The first-order chi connectivity index (χ1) is 8.85. The molecule has 1 atom stereocenters. The highest BCUT2D eigenvalue weighted by atomic mass is 32.1. The van der Waals surface area contributed by atoms with Gasteiger partial charge in [0.2, 0.25) is 0 Å². The molecule has 0 aromatic carbocycles. The Morgan fingerprint density at radius 3 is 2.33 bits per heavy atom. The minimum absolute atomic E-state index is 0.542. The lowest BCUT2D eigenvalue weighted by atomic mass is 9.49. The van der Waals surface area contributed by atoms with Gasteiger partial charge in [-0.05, 0) is 61.7 Å². The largest absolute Gasteiger partial charge is 0.330 e. The first-order valence-corrected chi connectivity index (χ1v) is 8.32. The highest BCUT2D eigenvalue weighted by Gasteiger charge is 2.50. The van der Waals surface area contributed by atoms with E-state index in [0.29, 0.717) is 5.92 Å². The molecule has 0 saturated heterocycles. The molecular weight excluding hydrogens is 240 g/mol. The average molecular weight is 262 g/mol. The Morgan fingerprint density at radius 2 is 1.83 bits per heavy atom. The fraction of sp³-hybridized carbons (Fsp3) is 0.800. The number of nitrogens with zero attached hydrogens (tertiary/aromatic N) is 1. The summed E-state index contributed by atoms with van der Waals surface area (Å²) in [5.74, 6) is 5.41. The van der Waals surface area contributed by atoms with Crippen LogP contribution < -0.4 is 5.73 Å². The monoisotopic (exact) mass is 262 g/mol. The van der Waals surface area contributed by atoms with Crippen molar-refractivity contribution in [3.05, 3.63) is 16.6 Å². The summed E-state index contributed by atoms with van der Waals surface area (Å²) in [5, 5.41) is 3.41. The smallest absolute Gasteiger partial charge is 0.0971 e. The summed E-state index contributed by atoms with van der Waals surface area (Å²) >= 11 is 1.81. The zero-order valence-corrected chi connectivity index (χ0v) is 11.6. The van der Waals surface area contributed by atoms with Gasteiger partial charge in [-0.1, -0.05) is 0 Å². The van der Waals surface area contributed by atoms with Crippen molar-refractivity contribution in [2.24, 2.45) is 35.3 Å². The van der Waals surface area contributed by atoms with E-state index in [1.807, 2.05) is 17.5 Å². The quantitative estimate of drug-likeness (QED) is 0.908. The molecule has 18 heavy (non-hydrogen) atoms. The zero-order valence-electron chi connectivity index (χ0n) is 10.8. The van der Waals surface area contributed by atoms with Crippen molar-refractivity contribution >= 4 is 11.3 Å². The minimum atomic E-state index is 0.542. The summed E-state index contributed by atoms with van der Waals surface area (Å²) in [4.78, 5) is 4.56. The van der Waals surface area contributed by atoms with Crippen molar-refractivity contribution in [3.63, 3.8) is 0 Å². The normalized spacial score (nSPS) is 43.3. The van der Waals surface area contributed by atoms with Gasteiger partial charge in [0, 0.05) is 24.0 Å². The van der Waals surface area contributed by atoms with Crippen LogP contribution in [0.25, 0.3) is 0 Å². The molecule has 4 bridgehead atoms. The van der Waals surface area contributed by atoms with Gasteiger partial charge >= 0.3 is 0 Å². The SMILES string of the molecule is NCC(c1nccs1)C1C2CC3CC(C2)CC1C3. The van der Waals surface area contributed by atoms with E-state index in [4.69, 9.17) is 5.73 Å². The fourth-order valence-electron chi connectivity index (χ4n) is 5.46. The van der Waals surface area contributed by atoms with Gasteiger partial charge in [0.1, 0.15) is 0 Å². The Balaban J connectivity index is 1.64. The van der Waals surface area contributed by atoms with E-state index in [0.717, 1.165) is 36.1 Å². The van der Waals surface area contributed by atoms with E-state index < -0.39 is 0 Å². The number of thiazole rings is 1. The molecule has 2 N–H and O–H groups in total. The summed E-state index contributed by atoms with van der Waals surface area (Å²) in [6.07, 6.45) is 9.42. The molecule has 98 valence electrons. The first kappa shape index (κ1) is 11.4. The van der Waals surface area contributed by atoms with Gasteiger partial charge < -0.3 is 5.73 Å². The van der Waals surface area contributed by atoms with E-state index in [1.54, 1.807) is 0 Å². The molecular formula is C15H22N2S. The van der Waals surface area contributed by atoms with Crippen molar-refractivity contribution in [1.82, 2.24) is 4.98 Å². The molecule has 0 spiro atoms. The second-order valence-corrected chi connectivity index (χ2v) is 7.65. The van der Waals surface area contributed by atoms with Crippen LogP contribution in [0.3, 0.4) is 0 Å². The minimum Gasteiger partial charge on any atom is -0.330 e. The van der Waals surface area contributed by atoms with Gasteiger partial charge in [0.15, 0.2) is 0 Å². The number of aromatic nitrogens is 1. The van der Waals surface area contributed by atoms with Crippen LogP contribution in [-0.4, -0.2) is 11.5 Å². The predicted octanol–water partition coefficient (Wildman–Crippen LogP) is 3.26. The fourth-order valence-corrected chi connectivity index (χ4v) is 6.28. The predicted molar refractivity (Wildman–Crippen MR) is 74.4 cm³/mol. The maximum absolute atomic E-state index is 6.11. The molecule has 4 aliphatic carbocycles. The first-order valence-electron chi connectivity index (χ1n) is 7.44. The summed E-state index contributed by atoms with van der Waals surface area (Å²) in [6.45, 7) is 0.792. The lowest BCUT2D eigenvalue weighted by Crippen LogP contribution is -2.48. The van der Waals surface area contributed by atoms with Crippen LogP contribution in [-0.2, 0) is 0 Å². The third-order valence-corrected chi connectivity index (χ3v) is 6.69. The van der Waals surface area contributed by atoms with Crippen molar-refractivity contribution < 1.29 is 0 Å². The lowest BCUT2D eigenvalue weighted by Gasteiger charge is -2.56. The Kier molecular flexibility index (Phi) is 2.73. The number of rotatable bonds is 3. The summed E-state index contributed by atoms with van der Waals surface area (Å²) < 4.78 is 0. The van der Waals surface area contributed by atoms with Crippen molar-refractivity contribution in [3.8, 4) is 0 Å². The maximum Gasteiger partial charge on any atom is 0.0971 e. The Hall–Kier alpha value is -0.410. The lowest BCUT2D eigenvalue weighted by molar-refractivity contribution is -0.0467. The molecule has 1 heterocycles. The molecule has 1 aromatic rings. The highest BCUT2D eigenvalue weighted by Crippen LogP contribution is 2.59. The van der Waals surface area contributed by atoms with Gasteiger partial charge in [-0.3, -0.25) is 0 Å². The van der Waals surface area contributed by atoms with Gasteiger partial charge in [0.25, 0.3) is 0 Å². The number of hydrogen-bond acceptors (Lipinski definition) is 3. The van der Waals surface area contributed by atoms with Crippen LogP contribution in [0.15, 0.2) is 11.6 Å². The molecule has 4 fully saturated rings. The standard InChI is InChI=1S/C15H22N2S/c16-8-13(15-17-1-2-18-15)14-11-4-9-3-10(6-11)7-12(14)5-9/h1-2,9-14H,3-8,16H2. The van der Waals surface area contributed by atoms with Crippen molar-refractivity contribution in [2.45, 2.75) is 38.0 Å². The molecule has 4 aliphatic rings. The van der Waals surface area contributed by atoms with Crippen LogP contribution >= 0.6 is 11.3 Å². The molecule has 1 unspecified atom stereocenters.